The minimum absolute atomic E-state index is 0.360. The number of carbonyl (C=O) groups is 1. The van der Waals surface area contributed by atoms with E-state index in [0.29, 0.717) is 5.56 Å². The van der Waals surface area contributed by atoms with E-state index in [4.69, 9.17) is 11.5 Å². The van der Waals surface area contributed by atoms with Crippen molar-refractivity contribution in [2.45, 2.75) is 6.42 Å². The molecule has 0 radical (unpaired) electrons. The number of piperazine rings is 1. The Kier molecular flexibility index (Phi) is 4.76. The second-order valence-corrected chi connectivity index (χ2v) is 4.85. The number of primary amides is 1. The van der Waals surface area contributed by atoms with Gasteiger partial charge in [-0.1, -0.05) is 12.1 Å². The molecule has 0 unspecified atom stereocenters. The van der Waals surface area contributed by atoms with Crippen LogP contribution in [0.4, 0.5) is 5.69 Å². The number of nitrogens with zero attached hydrogens (tertiary/aromatic N) is 2. The zero-order valence-corrected chi connectivity index (χ0v) is 11.2. The van der Waals surface area contributed by atoms with Crippen LogP contribution in [-0.2, 0) is 0 Å². The average molecular weight is 262 g/mol. The summed E-state index contributed by atoms with van der Waals surface area (Å²) in [5.74, 6) is -0.360. The van der Waals surface area contributed by atoms with E-state index in [1.807, 2.05) is 18.2 Å². The Morgan fingerprint density at radius 3 is 2.47 bits per heavy atom. The summed E-state index contributed by atoms with van der Waals surface area (Å²) in [6.07, 6.45) is 1.04. The Morgan fingerprint density at radius 1 is 1.16 bits per heavy atom. The lowest BCUT2D eigenvalue weighted by atomic mass is 10.1. The maximum absolute atomic E-state index is 11.4. The maximum Gasteiger partial charge on any atom is 0.250 e. The average Bonchev–Trinajstić information content (AvgIpc) is 2.45. The van der Waals surface area contributed by atoms with Crippen LogP contribution in [0.25, 0.3) is 0 Å². The monoisotopic (exact) mass is 262 g/mol. The summed E-state index contributed by atoms with van der Waals surface area (Å²) in [4.78, 5) is 16.1. The van der Waals surface area contributed by atoms with E-state index in [1.54, 1.807) is 6.07 Å². The quantitative estimate of drug-likeness (QED) is 0.798. The van der Waals surface area contributed by atoms with Crippen LogP contribution < -0.4 is 16.4 Å². The molecule has 5 nitrogen and oxygen atoms in total. The highest BCUT2D eigenvalue weighted by atomic mass is 16.1. The number of carbonyl (C=O) groups excluding carboxylic acids is 1. The Bertz CT molecular complexity index is 427. The molecule has 0 saturated carbocycles. The van der Waals surface area contributed by atoms with Crippen molar-refractivity contribution in [3.63, 3.8) is 0 Å². The van der Waals surface area contributed by atoms with Crippen molar-refractivity contribution < 1.29 is 4.79 Å². The van der Waals surface area contributed by atoms with Gasteiger partial charge >= 0.3 is 0 Å². The largest absolute Gasteiger partial charge is 0.368 e. The van der Waals surface area contributed by atoms with Crippen molar-refractivity contribution in [1.82, 2.24) is 4.90 Å². The highest BCUT2D eigenvalue weighted by Crippen LogP contribution is 2.21. The molecule has 19 heavy (non-hydrogen) atoms. The number of benzene rings is 1. The van der Waals surface area contributed by atoms with Gasteiger partial charge < -0.3 is 16.4 Å². The predicted octanol–water partition coefficient (Wildman–Crippen LogP) is 0.256. The summed E-state index contributed by atoms with van der Waals surface area (Å²) in [7, 11) is 0. The molecule has 1 saturated heterocycles. The summed E-state index contributed by atoms with van der Waals surface area (Å²) in [6.45, 7) is 5.66. The van der Waals surface area contributed by atoms with E-state index in [9.17, 15) is 4.79 Å². The fraction of sp³-hybridized carbons (Fsp3) is 0.500. The number of rotatable bonds is 5. The van der Waals surface area contributed by atoms with Crippen molar-refractivity contribution >= 4 is 11.6 Å². The number of hydrogen-bond acceptors (Lipinski definition) is 4. The number of para-hydroxylation sites is 1. The highest BCUT2D eigenvalue weighted by Gasteiger charge is 2.19. The Labute approximate surface area is 114 Å². The molecule has 2 rings (SSSR count). The van der Waals surface area contributed by atoms with Gasteiger partial charge in [-0.2, -0.15) is 0 Å². The minimum atomic E-state index is -0.360. The molecular formula is C14H22N4O. The summed E-state index contributed by atoms with van der Waals surface area (Å²) in [5, 5.41) is 0. The molecule has 0 spiro atoms. The van der Waals surface area contributed by atoms with Crippen LogP contribution >= 0.6 is 0 Å². The van der Waals surface area contributed by atoms with Crippen molar-refractivity contribution in [2.24, 2.45) is 11.5 Å². The van der Waals surface area contributed by atoms with Crippen LogP contribution in [-0.4, -0.2) is 50.1 Å². The Hall–Kier alpha value is -1.59. The Morgan fingerprint density at radius 2 is 1.84 bits per heavy atom. The molecule has 0 aliphatic carbocycles. The fourth-order valence-electron chi connectivity index (χ4n) is 2.49. The molecule has 5 heteroatoms. The van der Waals surface area contributed by atoms with Gasteiger partial charge in [-0.15, -0.1) is 0 Å². The molecule has 1 aliphatic heterocycles. The molecule has 1 aliphatic rings. The van der Waals surface area contributed by atoms with Gasteiger partial charge in [-0.25, -0.2) is 0 Å². The Balaban J connectivity index is 2.00. The summed E-state index contributed by atoms with van der Waals surface area (Å²) in [5.41, 5.74) is 12.5. The summed E-state index contributed by atoms with van der Waals surface area (Å²) in [6, 6.07) is 7.55. The molecule has 0 atom stereocenters. The normalized spacial score (nSPS) is 16.6. The maximum atomic E-state index is 11.4. The minimum Gasteiger partial charge on any atom is -0.368 e. The molecule has 4 N–H and O–H groups in total. The van der Waals surface area contributed by atoms with Gasteiger partial charge in [0.15, 0.2) is 0 Å². The van der Waals surface area contributed by atoms with Crippen molar-refractivity contribution in [1.29, 1.82) is 0 Å². The molecule has 1 amide bonds. The first-order chi connectivity index (χ1) is 9.22. The number of hydrogen-bond donors (Lipinski definition) is 2. The van der Waals surface area contributed by atoms with Crippen LogP contribution in [0, 0.1) is 0 Å². The second kappa shape index (κ2) is 6.54. The zero-order chi connectivity index (χ0) is 13.7. The SMILES string of the molecule is NCCCN1CCN(c2ccccc2C(N)=O)CC1. The first kappa shape index (κ1) is 13.8. The lowest BCUT2D eigenvalue weighted by Gasteiger charge is -2.36. The summed E-state index contributed by atoms with van der Waals surface area (Å²) < 4.78 is 0. The van der Waals surface area contributed by atoms with Crippen LogP contribution in [0.15, 0.2) is 24.3 Å². The third kappa shape index (κ3) is 3.45. The van der Waals surface area contributed by atoms with E-state index in [1.165, 1.54) is 0 Å². The first-order valence-electron chi connectivity index (χ1n) is 6.78. The predicted molar refractivity (Wildman–Crippen MR) is 77.3 cm³/mol. The van der Waals surface area contributed by atoms with E-state index >= 15 is 0 Å². The van der Waals surface area contributed by atoms with Gasteiger partial charge in [0, 0.05) is 31.9 Å². The highest BCUT2D eigenvalue weighted by molar-refractivity contribution is 5.98. The standard InChI is InChI=1S/C14H22N4O/c15-6-3-7-17-8-10-18(11-9-17)13-5-2-1-4-12(13)14(16)19/h1-2,4-5H,3,6-11,15H2,(H2,16,19). The topological polar surface area (TPSA) is 75.6 Å². The molecule has 0 bridgehead atoms. The summed E-state index contributed by atoms with van der Waals surface area (Å²) >= 11 is 0. The lowest BCUT2D eigenvalue weighted by Crippen LogP contribution is -2.47. The van der Waals surface area contributed by atoms with Crippen molar-refractivity contribution in [3.8, 4) is 0 Å². The van der Waals surface area contributed by atoms with Gasteiger partial charge in [-0.3, -0.25) is 9.69 Å². The molecular weight excluding hydrogens is 240 g/mol. The van der Waals surface area contributed by atoms with Crippen LogP contribution in [0.1, 0.15) is 16.8 Å². The molecule has 1 fully saturated rings. The number of anilines is 1. The van der Waals surface area contributed by atoms with Crippen LogP contribution in [0.3, 0.4) is 0 Å². The third-order valence-corrected chi connectivity index (χ3v) is 3.56. The lowest BCUT2D eigenvalue weighted by molar-refractivity contribution is 0.100. The fourth-order valence-corrected chi connectivity index (χ4v) is 2.49. The van der Waals surface area contributed by atoms with Crippen LogP contribution in [0.2, 0.25) is 0 Å². The van der Waals surface area contributed by atoms with Crippen LogP contribution in [0.5, 0.6) is 0 Å². The van der Waals surface area contributed by atoms with Gasteiger partial charge in [-0.05, 0) is 31.6 Å². The smallest absolute Gasteiger partial charge is 0.250 e. The molecule has 104 valence electrons. The van der Waals surface area contributed by atoms with E-state index in [0.717, 1.165) is 51.4 Å². The van der Waals surface area contributed by atoms with Gasteiger partial charge in [0.2, 0.25) is 0 Å². The van der Waals surface area contributed by atoms with E-state index in [-0.39, 0.29) is 5.91 Å². The third-order valence-electron chi connectivity index (χ3n) is 3.56. The number of nitrogens with two attached hydrogens (primary N) is 2. The van der Waals surface area contributed by atoms with Gasteiger partial charge in [0.05, 0.1) is 5.56 Å². The zero-order valence-electron chi connectivity index (χ0n) is 11.2. The van der Waals surface area contributed by atoms with Gasteiger partial charge in [0.25, 0.3) is 5.91 Å². The molecule has 1 aromatic carbocycles. The van der Waals surface area contributed by atoms with Crippen molar-refractivity contribution in [3.05, 3.63) is 29.8 Å². The van der Waals surface area contributed by atoms with Crippen molar-refractivity contribution in [2.75, 3.05) is 44.2 Å². The number of amides is 1. The molecule has 0 aromatic heterocycles. The second-order valence-electron chi connectivity index (χ2n) is 4.85. The molecule has 1 aromatic rings. The van der Waals surface area contributed by atoms with E-state index < -0.39 is 0 Å². The van der Waals surface area contributed by atoms with Gasteiger partial charge in [0.1, 0.15) is 0 Å². The molecule has 1 heterocycles. The first-order valence-corrected chi connectivity index (χ1v) is 6.78. The van der Waals surface area contributed by atoms with E-state index in [2.05, 4.69) is 9.80 Å².